The van der Waals surface area contributed by atoms with E-state index in [-0.39, 0.29) is 17.1 Å². The molecule has 1 aromatic rings. The molecule has 4 N–H and O–H groups in total. The van der Waals surface area contributed by atoms with Crippen LogP contribution in [0.3, 0.4) is 0 Å². The van der Waals surface area contributed by atoms with Crippen LogP contribution in [0.1, 0.15) is 16.8 Å². The molecule has 10 heteroatoms. The Kier molecular flexibility index (Phi) is 9.53. The summed E-state index contributed by atoms with van der Waals surface area (Å²) in [6, 6.07) is 5.50. The van der Waals surface area contributed by atoms with Gasteiger partial charge in [-0.1, -0.05) is 23.7 Å². The van der Waals surface area contributed by atoms with Crippen LogP contribution >= 0.6 is 23.4 Å². The molecule has 142 valence electrons. The first-order valence-electron chi connectivity index (χ1n) is 7.61. The van der Waals surface area contributed by atoms with E-state index >= 15 is 0 Å². The topological polar surface area (TPSA) is 128 Å². The van der Waals surface area contributed by atoms with Gasteiger partial charge in [-0.2, -0.15) is 11.8 Å². The third kappa shape index (κ3) is 7.75. The zero-order valence-electron chi connectivity index (χ0n) is 14.1. The van der Waals surface area contributed by atoms with Crippen molar-refractivity contribution >= 4 is 47.1 Å². The lowest BCUT2D eigenvalue weighted by Crippen LogP contribution is -2.44. The fraction of sp³-hybridized carbons (Fsp3) is 0.375. The van der Waals surface area contributed by atoms with Crippen LogP contribution in [0.15, 0.2) is 24.3 Å². The Morgan fingerprint density at radius 3 is 2.58 bits per heavy atom. The van der Waals surface area contributed by atoms with Crippen molar-refractivity contribution in [1.29, 1.82) is 0 Å². The van der Waals surface area contributed by atoms with Crippen LogP contribution in [0, 0.1) is 0 Å². The van der Waals surface area contributed by atoms with Gasteiger partial charge in [0, 0.05) is 0 Å². The lowest BCUT2D eigenvalue weighted by atomic mass is 10.1. The first-order valence-corrected chi connectivity index (χ1v) is 9.38. The molecule has 1 rings (SSSR count). The molecule has 0 aliphatic rings. The Morgan fingerprint density at radius 1 is 1.27 bits per heavy atom. The molecule has 26 heavy (non-hydrogen) atoms. The first kappa shape index (κ1) is 21.8. The lowest BCUT2D eigenvalue weighted by molar-refractivity contribution is -0.150. The number of carbonyl (C=O) groups excluding carboxylic acids is 4. The van der Waals surface area contributed by atoms with Gasteiger partial charge in [-0.05, 0) is 30.6 Å². The number of benzene rings is 1. The molecule has 0 saturated carbocycles. The molecular formula is C16H20ClN3O5S. The van der Waals surface area contributed by atoms with E-state index in [4.69, 9.17) is 22.1 Å². The van der Waals surface area contributed by atoms with Gasteiger partial charge in [0.2, 0.25) is 5.91 Å². The van der Waals surface area contributed by atoms with Crippen LogP contribution in [-0.2, 0) is 19.1 Å². The highest BCUT2D eigenvalue weighted by Gasteiger charge is 2.24. The molecule has 0 bridgehead atoms. The molecule has 0 saturated heterocycles. The van der Waals surface area contributed by atoms with Crippen molar-refractivity contribution < 1.29 is 23.9 Å². The van der Waals surface area contributed by atoms with Gasteiger partial charge in [0.25, 0.3) is 11.8 Å². The first-order chi connectivity index (χ1) is 12.3. The van der Waals surface area contributed by atoms with Gasteiger partial charge in [-0.25, -0.2) is 4.79 Å². The number of carbonyl (C=O) groups is 4. The summed E-state index contributed by atoms with van der Waals surface area (Å²) in [6.07, 6.45) is 2.18. The second kappa shape index (κ2) is 11.4. The fourth-order valence-electron chi connectivity index (χ4n) is 1.84. The molecule has 0 aliphatic heterocycles. The molecule has 1 aromatic carbocycles. The number of amides is 3. The van der Waals surface area contributed by atoms with Crippen molar-refractivity contribution in [1.82, 2.24) is 10.6 Å². The molecule has 0 unspecified atom stereocenters. The summed E-state index contributed by atoms with van der Waals surface area (Å²) in [7, 11) is 0. The van der Waals surface area contributed by atoms with Crippen molar-refractivity contribution in [3.8, 4) is 0 Å². The summed E-state index contributed by atoms with van der Waals surface area (Å²) in [5.41, 5.74) is 5.13. The molecule has 8 nitrogen and oxygen atoms in total. The Morgan fingerprint density at radius 2 is 1.96 bits per heavy atom. The van der Waals surface area contributed by atoms with Gasteiger partial charge < -0.3 is 21.1 Å². The average Bonchev–Trinajstić information content (AvgIpc) is 2.61. The van der Waals surface area contributed by atoms with Crippen molar-refractivity contribution in [2.75, 3.05) is 25.2 Å². The van der Waals surface area contributed by atoms with Crippen molar-refractivity contribution in [2.24, 2.45) is 5.73 Å². The van der Waals surface area contributed by atoms with Crippen LogP contribution < -0.4 is 16.4 Å². The Labute approximate surface area is 160 Å². The third-order valence-corrected chi connectivity index (χ3v) is 4.10. The van der Waals surface area contributed by atoms with Crippen molar-refractivity contribution in [3.63, 3.8) is 0 Å². The quantitative estimate of drug-likeness (QED) is 0.485. The van der Waals surface area contributed by atoms with Crippen LogP contribution in [0.4, 0.5) is 0 Å². The summed E-state index contributed by atoms with van der Waals surface area (Å²) < 4.78 is 4.90. The summed E-state index contributed by atoms with van der Waals surface area (Å²) in [5, 5.41) is 5.02. The number of nitrogens with one attached hydrogen (secondary N) is 2. The number of ether oxygens (including phenoxy) is 1. The molecule has 0 spiro atoms. The van der Waals surface area contributed by atoms with E-state index in [2.05, 4.69) is 10.6 Å². The van der Waals surface area contributed by atoms with E-state index in [1.54, 1.807) is 18.2 Å². The van der Waals surface area contributed by atoms with E-state index in [0.717, 1.165) is 0 Å². The predicted octanol–water partition coefficient (Wildman–Crippen LogP) is 0.336. The molecule has 0 aliphatic carbocycles. The van der Waals surface area contributed by atoms with Crippen LogP contribution in [-0.4, -0.2) is 54.9 Å². The largest absolute Gasteiger partial charge is 0.454 e. The number of hydrogen-bond donors (Lipinski definition) is 3. The van der Waals surface area contributed by atoms with Gasteiger partial charge >= 0.3 is 5.97 Å². The normalized spacial score (nSPS) is 11.3. The number of esters is 1. The number of primary amides is 1. The second-order valence-electron chi connectivity index (χ2n) is 5.14. The average molecular weight is 402 g/mol. The predicted molar refractivity (Wildman–Crippen MR) is 98.9 cm³/mol. The maximum atomic E-state index is 12.3. The fourth-order valence-corrected chi connectivity index (χ4v) is 2.53. The molecule has 0 heterocycles. The zero-order chi connectivity index (χ0) is 19.5. The molecule has 0 fully saturated rings. The Hall–Kier alpha value is -2.26. The van der Waals surface area contributed by atoms with Gasteiger partial charge in [-0.3, -0.25) is 14.4 Å². The zero-order valence-corrected chi connectivity index (χ0v) is 15.7. The minimum absolute atomic E-state index is 0.232. The SMILES string of the molecule is CSCC[C@@H](NC(=O)c1ccccc1Cl)C(=O)OCC(=O)NCC(N)=O. The molecule has 1 atom stereocenters. The van der Waals surface area contributed by atoms with E-state index in [9.17, 15) is 19.2 Å². The highest BCUT2D eigenvalue weighted by Crippen LogP contribution is 2.15. The van der Waals surface area contributed by atoms with E-state index < -0.39 is 36.3 Å². The van der Waals surface area contributed by atoms with Crippen molar-refractivity contribution in [2.45, 2.75) is 12.5 Å². The Bertz CT molecular complexity index is 671. The highest BCUT2D eigenvalue weighted by atomic mass is 35.5. The van der Waals surface area contributed by atoms with E-state index in [1.807, 2.05) is 6.26 Å². The van der Waals surface area contributed by atoms with Gasteiger partial charge in [0.15, 0.2) is 6.61 Å². The second-order valence-corrected chi connectivity index (χ2v) is 6.53. The maximum Gasteiger partial charge on any atom is 0.329 e. The minimum atomic E-state index is -0.935. The summed E-state index contributed by atoms with van der Waals surface area (Å²) in [6.45, 7) is -0.931. The maximum absolute atomic E-state index is 12.3. The molecule has 3 amide bonds. The number of halogens is 1. The summed E-state index contributed by atoms with van der Waals surface area (Å²) in [5.74, 6) is -2.06. The van der Waals surface area contributed by atoms with Crippen LogP contribution in [0.2, 0.25) is 5.02 Å². The van der Waals surface area contributed by atoms with E-state index in [0.29, 0.717) is 12.2 Å². The molecule has 0 radical (unpaired) electrons. The van der Waals surface area contributed by atoms with Crippen LogP contribution in [0.25, 0.3) is 0 Å². The third-order valence-electron chi connectivity index (χ3n) is 3.12. The molecular weight excluding hydrogens is 382 g/mol. The van der Waals surface area contributed by atoms with Gasteiger partial charge in [0.05, 0.1) is 17.1 Å². The van der Waals surface area contributed by atoms with Crippen molar-refractivity contribution in [3.05, 3.63) is 34.9 Å². The van der Waals surface area contributed by atoms with Crippen LogP contribution in [0.5, 0.6) is 0 Å². The summed E-state index contributed by atoms with van der Waals surface area (Å²) >= 11 is 7.47. The number of rotatable bonds is 10. The minimum Gasteiger partial charge on any atom is -0.454 e. The monoisotopic (exact) mass is 401 g/mol. The number of hydrogen-bond acceptors (Lipinski definition) is 6. The Balaban J connectivity index is 2.65. The highest BCUT2D eigenvalue weighted by molar-refractivity contribution is 7.98. The smallest absolute Gasteiger partial charge is 0.329 e. The number of nitrogens with two attached hydrogens (primary N) is 1. The lowest BCUT2D eigenvalue weighted by Gasteiger charge is -2.17. The summed E-state index contributed by atoms with van der Waals surface area (Å²) in [4.78, 5) is 46.6. The standard InChI is InChI=1S/C16H20ClN3O5S/c1-26-7-6-12(16(24)25-9-14(22)19-8-13(18)21)20-15(23)10-4-2-3-5-11(10)17/h2-5,12H,6-9H2,1H3,(H2,18,21)(H,19,22)(H,20,23)/t12-/m1/s1. The molecule has 0 aromatic heterocycles. The van der Waals surface area contributed by atoms with Gasteiger partial charge in [0.1, 0.15) is 6.04 Å². The number of thioether (sulfide) groups is 1. The van der Waals surface area contributed by atoms with Gasteiger partial charge in [-0.15, -0.1) is 0 Å². The van der Waals surface area contributed by atoms with E-state index in [1.165, 1.54) is 17.8 Å².